The van der Waals surface area contributed by atoms with E-state index in [1.807, 2.05) is 30.3 Å². The summed E-state index contributed by atoms with van der Waals surface area (Å²) >= 11 is 0. The van der Waals surface area contributed by atoms with Crippen molar-refractivity contribution in [3.63, 3.8) is 0 Å². The van der Waals surface area contributed by atoms with Gasteiger partial charge < -0.3 is 33.3 Å². The number of likely N-dealkylation sites (N-methyl/N-ethyl adjacent to an activating group) is 1. The van der Waals surface area contributed by atoms with E-state index in [1.54, 1.807) is 28.4 Å². The molecule has 0 aromatic heterocycles. The van der Waals surface area contributed by atoms with Crippen LogP contribution in [0.4, 0.5) is 0 Å². The Morgan fingerprint density at radius 3 is 2.19 bits per heavy atom. The number of benzene rings is 2. The van der Waals surface area contributed by atoms with Crippen LogP contribution in [0.3, 0.4) is 0 Å². The quantitative estimate of drug-likeness (QED) is 0.569. The molecule has 1 aliphatic rings. The Morgan fingerprint density at radius 1 is 0.968 bits per heavy atom. The lowest BCUT2D eigenvalue weighted by Crippen LogP contribution is -2.53. The molecule has 1 heterocycles. The van der Waals surface area contributed by atoms with Crippen molar-refractivity contribution in [2.24, 2.45) is 0 Å². The molecule has 1 aliphatic heterocycles. The number of methoxy groups -OCH3 is 4. The Balaban J connectivity index is 2.06. The summed E-state index contributed by atoms with van der Waals surface area (Å²) in [6.07, 6.45) is 1.57. The van der Waals surface area contributed by atoms with E-state index in [9.17, 15) is 9.90 Å². The molecular weight excluding hydrogens is 398 g/mol. The number of hydrogen-bond acceptors (Lipinski definition) is 6. The highest BCUT2D eigenvalue weighted by molar-refractivity contribution is 5.64. The zero-order valence-electron chi connectivity index (χ0n) is 18.9. The minimum absolute atomic E-state index is 0.0154. The van der Waals surface area contributed by atoms with Crippen molar-refractivity contribution in [1.82, 2.24) is 0 Å². The largest absolute Gasteiger partial charge is 0.550 e. The van der Waals surface area contributed by atoms with Crippen molar-refractivity contribution in [3.05, 3.63) is 47.0 Å². The average molecular weight is 430 g/mol. The van der Waals surface area contributed by atoms with E-state index >= 15 is 0 Å². The number of carboxylic acids is 1. The number of quaternary nitrogens is 1. The Hall–Kier alpha value is -2.93. The topological polar surface area (TPSA) is 77.1 Å². The van der Waals surface area contributed by atoms with Crippen LogP contribution < -0.4 is 24.1 Å². The van der Waals surface area contributed by atoms with Gasteiger partial charge in [-0.25, -0.2) is 0 Å². The number of rotatable bonds is 9. The van der Waals surface area contributed by atoms with Crippen molar-refractivity contribution in [2.75, 3.05) is 48.6 Å². The molecule has 0 saturated carbocycles. The molecule has 0 bridgehead atoms. The summed E-state index contributed by atoms with van der Waals surface area (Å²) < 4.78 is 22.5. The SMILES string of the molecule is COc1ccc(C[C@@H]2c3cc(OC)c(OC)cc3CC[N@+]2(C)CCC(=O)[O-])cc1OC. The lowest BCUT2D eigenvalue weighted by atomic mass is 9.86. The van der Waals surface area contributed by atoms with Crippen molar-refractivity contribution in [1.29, 1.82) is 0 Å². The second-order valence-electron chi connectivity index (χ2n) is 8.11. The summed E-state index contributed by atoms with van der Waals surface area (Å²) in [5.41, 5.74) is 3.44. The molecule has 0 radical (unpaired) electrons. The molecule has 168 valence electrons. The normalized spacial score (nSPS) is 20.0. The number of fused-ring (bicyclic) bond motifs is 1. The third-order valence-electron chi connectivity index (χ3n) is 6.35. The number of carboxylic acid groups (broad SMARTS) is 1. The molecule has 7 nitrogen and oxygen atoms in total. The van der Waals surface area contributed by atoms with Gasteiger partial charge in [-0.15, -0.1) is 0 Å². The number of ether oxygens (including phenoxy) is 4. The first kappa shape index (κ1) is 22.7. The van der Waals surface area contributed by atoms with Crippen molar-refractivity contribution < 1.29 is 33.3 Å². The molecule has 31 heavy (non-hydrogen) atoms. The van der Waals surface area contributed by atoms with Crippen LogP contribution in [0.25, 0.3) is 0 Å². The maximum atomic E-state index is 11.2. The second-order valence-corrected chi connectivity index (χ2v) is 8.11. The van der Waals surface area contributed by atoms with E-state index in [0.29, 0.717) is 40.4 Å². The predicted octanol–water partition coefficient (Wildman–Crippen LogP) is 2.15. The Bertz CT molecular complexity index is 944. The number of nitrogens with zero attached hydrogens (tertiary/aromatic N) is 1. The average Bonchev–Trinajstić information content (AvgIpc) is 2.78. The highest BCUT2D eigenvalue weighted by atomic mass is 16.5. The first-order valence-corrected chi connectivity index (χ1v) is 10.3. The molecular formula is C24H31NO6. The van der Waals surface area contributed by atoms with Crippen LogP contribution in [0.15, 0.2) is 30.3 Å². The molecule has 0 amide bonds. The zero-order chi connectivity index (χ0) is 22.6. The van der Waals surface area contributed by atoms with E-state index in [0.717, 1.165) is 24.1 Å². The van der Waals surface area contributed by atoms with Crippen LogP contribution in [-0.4, -0.2) is 59.0 Å². The van der Waals surface area contributed by atoms with Gasteiger partial charge in [-0.2, -0.15) is 0 Å². The van der Waals surface area contributed by atoms with Gasteiger partial charge in [-0.3, -0.25) is 0 Å². The van der Waals surface area contributed by atoms with E-state index < -0.39 is 5.97 Å². The molecule has 0 unspecified atom stereocenters. The van der Waals surface area contributed by atoms with Crippen molar-refractivity contribution >= 4 is 5.97 Å². The van der Waals surface area contributed by atoms with E-state index in [-0.39, 0.29) is 12.5 Å². The summed E-state index contributed by atoms with van der Waals surface area (Å²) in [6.45, 7) is 1.32. The van der Waals surface area contributed by atoms with Crippen LogP contribution >= 0.6 is 0 Å². The van der Waals surface area contributed by atoms with Gasteiger partial charge in [0.25, 0.3) is 0 Å². The molecule has 2 atom stereocenters. The molecule has 2 aromatic carbocycles. The van der Waals surface area contributed by atoms with Gasteiger partial charge in [0.1, 0.15) is 6.04 Å². The highest BCUT2D eigenvalue weighted by Crippen LogP contribution is 2.43. The van der Waals surface area contributed by atoms with Crippen LogP contribution in [0.1, 0.15) is 29.2 Å². The van der Waals surface area contributed by atoms with Gasteiger partial charge in [-0.05, 0) is 35.4 Å². The number of aliphatic carboxylic acids is 1. The van der Waals surface area contributed by atoms with Gasteiger partial charge in [0.05, 0.1) is 48.6 Å². The van der Waals surface area contributed by atoms with Crippen LogP contribution in [0.5, 0.6) is 23.0 Å². The molecule has 0 fully saturated rings. The molecule has 2 aromatic rings. The number of carbonyl (C=O) groups excluding carboxylic acids is 1. The number of hydrogen-bond donors (Lipinski definition) is 0. The Kier molecular flexibility index (Phi) is 6.95. The van der Waals surface area contributed by atoms with E-state index in [2.05, 4.69) is 7.05 Å². The highest BCUT2D eigenvalue weighted by Gasteiger charge is 2.39. The first-order chi connectivity index (χ1) is 14.8. The van der Waals surface area contributed by atoms with E-state index in [4.69, 9.17) is 18.9 Å². The minimum Gasteiger partial charge on any atom is -0.550 e. The van der Waals surface area contributed by atoms with E-state index in [1.165, 1.54) is 5.56 Å². The lowest BCUT2D eigenvalue weighted by molar-refractivity contribution is -0.941. The number of carbonyl (C=O) groups is 1. The van der Waals surface area contributed by atoms with Gasteiger partial charge in [0.15, 0.2) is 23.0 Å². The van der Waals surface area contributed by atoms with Gasteiger partial charge in [0.2, 0.25) is 0 Å². The van der Waals surface area contributed by atoms with Gasteiger partial charge >= 0.3 is 0 Å². The second kappa shape index (κ2) is 9.47. The fourth-order valence-corrected chi connectivity index (χ4v) is 4.51. The zero-order valence-corrected chi connectivity index (χ0v) is 18.9. The summed E-state index contributed by atoms with van der Waals surface area (Å²) in [6, 6.07) is 10.0. The summed E-state index contributed by atoms with van der Waals surface area (Å²) in [5.74, 6) is 1.70. The monoisotopic (exact) mass is 429 g/mol. The first-order valence-electron chi connectivity index (χ1n) is 10.3. The van der Waals surface area contributed by atoms with Crippen molar-refractivity contribution in [3.8, 4) is 23.0 Å². The molecule has 0 saturated heterocycles. The fourth-order valence-electron chi connectivity index (χ4n) is 4.51. The predicted molar refractivity (Wildman–Crippen MR) is 115 cm³/mol. The Morgan fingerprint density at radius 2 is 1.58 bits per heavy atom. The Labute approximate surface area is 183 Å². The lowest BCUT2D eigenvalue weighted by Gasteiger charge is -2.46. The maximum Gasteiger partial charge on any atom is 0.161 e. The van der Waals surface area contributed by atoms with Crippen molar-refractivity contribution in [2.45, 2.75) is 25.3 Å². The standard InChI is InChI=1S/C24H31NO6/c1-25(11-9-24(26)27)10-8-17-14-22(30-4)23(31-5)15-18(17)19(25)12-16-6-7-20(28-2)21(13-16)29-3/h6-7,13-15,19H,8-12H2,1-5H3/t19-,25-/m1/s1. The molecule has 3 rings (SSSR count). The van der Waals surface area contributed by atoms with Crippen LogP contribution in [0, 0.1) is 0 Å². The van der Waals surface area contributed by atoms with Crippen LogP contribution in [0.2, 0.25) is 0 Å². The van der Waals surface area contributed by atoms with Crippen LogP contribution in [-0.2, 0) is 17.6 Å². The third-order valence-corrected chi connectivity index (χ3v) is 6.35. The maximum absolute atomic E-state index is 11.2. The molecule has 0 spiro atoms. The smallest absolute Gasteiger partial charge is 0.161 e. The molecule has 0 aliphatic carbocycles. The van der Waals surface area contributed by atoms with Gasteiger partial charge in [0, 0.05) is 30.8 Å². The summed E-state index contributed by atoms with van der Waals surface area (Å²) in [4.78, 5) is 11.2. The fraction of sp³-hybridized carbons (Fsp3) is 0.458. The summed E-state index contributed by atoms with van der Waals surface area (Å²) in [5, 5.41) is 11.2. The molecule has 0 N–H and O–H groups in total. The third kappa shape index (κ3) is 4.71. The van der Waals surface area contributed by atoms with Gasteiger partial charge in [-0.1, -0.05) is 6.07 Å². The summed E-state index contributed by atoms with van der Waals surface area (Å²) in [7, 11) is 8.61. The molecule has 7 heteroatoms. The minimum atomic E-state index is -1.03.